The maximum atomic E-state index is 12.4. The molecule has 1 aliphatic heterocycles. The van der Waals surface area contributed by atoms with E-state index in [4.69, 9.17) is 4.74 Å². The Hall–Kier alpha value is -1.30. The number of hydrogen-bond donors (Lipinski definition) is 1. The summed E-state index contributed by atoms with van der Waals surface area (Å²) in [7, 11) is 0. The third kappa shape index (κ3) is 4.09. The molecule has 0 saturated carbocycles. The molecule has 1 aliphatic rings. The second-order valence-electron chi connectivity index (χ2n) is 6.60. The molecule has 1 aromatic heterocycles. The van der Waals surface area contributed by atoms with Crippen LogP contribution in [0, 0.1) is 5.92 Å². The van der Waals surface area contributed by atoms with Crippen molar-refractivity contribution in [2.45, 2.75) is 52.7 Å². The summed E-state index contributed by atoms with van der Waals surface area (Å²) in [6, 6.07) is 0.0264. The summed E-state index contributed by atoms with van der Waals surface area (Å²) < 4.78 is 5.52. The van der Waals surface area contributed by atoms with Crippen LogP contribution in [0.5, 0.6) is 0 Å². The van der Waals surface area contributed by atoms with Crippen molar-refractivity contribution in [3.05, 3.63) is 11.1 Å². The average Bonchev–Trinajstić information content (AvgIpc) is 2.93. The lowest BCUT2D eigenvalue weighted by molar-refractivity contribution is 0.0218. The molecule has 1 saturated heterocycles. The van der Waals surface area contributed by atoms with Crippen molar-refractivity contribution >= 4 is 22.6 Å². The molecule has 2 atom stereocenters. The van der Waals surface area contributed by atoms with Gasteiger partial charge >= 0.3 is 6.09 Å². The zero-order chi connectivity index (χ0) is 15.6. The molecule has 21 heavy (non-hydrogen) atoms. The Morgan fingerprint density at radius 2 is 2.29 bits per heavy atom. The molecule has 1 fully saturated rings. The van der Waals surface area contributed by atoms with Crippen molar-refractivity contribution in [3.8, 4) is 0 Å². The van der Waals surface area contributed by atoms with Crippen molar-refractivity contribution in [1.82, 2.24) is 9.88 Å². The van der Waals surface area contributed by atoms with E-state index < -0.39 is 5.60 Å². The van der Waals surface area contributed by atoms with E-state index in [1.165, 1.54) is 0 Å². The van der Waals surface area contributed by atoms with Gasteiger partial charge in [-0.3, -0.25) is 4.90 Å². The van der Waals surface area contributed by atoms with Crippen LogP contribution < -0.4 is 5.32 Å². The smallest absolute Gasteiger partial charge is 0.410 e. The van der Waals surface area contributed by atoms with Gasteiger partial charge in [0.25, 0.3) is 0 Å². The van der Waals surface area contributed by atoms with Crippen LogP contribution in [0.3, 0.4) is 0 Å². The first-order chi connectivity index (χ1) is 9.80. The van der Waals surface area contributed by atoms with E-state index in [-0.39, 0.29) is 12.1 Å². The first-order valence-corrected chi connectivity index (χ1v) is 8.37. The summed E-state index contributed by atoms with van der Waals surface area (Å²) in [6.07, 6.45) is 0.698. The summed E-state index contributed by atoms with van der Waals surface area (Å²) in [5.41, 5.74) is 0.496. The molecular formula is C15H25N3O2S. The molecule has 0 bridgehead atoms. The monoisotopic (exact) mass is 311 g/mol. The topological polar surface area (TPSA) is 54.5 Å². The molecule has 1 N–H and O–H groups in total. The molecule has 118 valence electrons. The number of amides is 1. The van der Waals surface area contributed by atoms with Crippen molar-refractivity contribution in [2.24, 2.45) is 5.92 Å². The van der Waals surface area contributed by atoms with Gasteiger partial charge in [-0.05, 0) is 40.0 Å². The quantitative estimate of drug-likeness (QED) is 0.920. The van der Waals surface area contributed by atoms with E-state index >= 15 is 0 Å². The molecule has 2 heterocycles. The van der Waals surface area contributed by atoms with Crippen LogP contribution >= 0.6 is 11.3 Å². The minimum absolute atomic E-state index is 0.0264. The molecule has 1 amide bonds. The Bertz CT molecular complexity index is 495. The first-order valence-electron chi connectivity index (χ1n) is 7.49. The zero-order valence-electron chi connectivity index (χ0n) is 13.5. The van der Waals surface area contributed by atoms with E-state index in [0.717, 1.165) is 30.3 Å². The van der Waals surface area contributed by atoms with Crippen LogP contribution in [0.4, 0.5) is 9.93 Å². The number of aromatic nitrogens is 1. The molecule has 0 aromatic carbocycles. The number of rotatable bonds is 3. The van der Waals surface area contributed by atoms with Gasteiger partial charge in [-0.15, -0.1) is 11.3 Å². The number of carbonyl (C=O) groups excluding carboxylic acids is 1. The number of nitrogens with one attached hydrogen (secondary N) is 1. The van der Waals surface area contributed by atoms with Gasteiger partial charge in [0.2, 0.25) is 0 Å². The van der Waals surface area contributed by atoms with Gasteiger partial charge in [0.1, 0.15) is 5.60 Å². The fraction of sp³-hybridized carbons (Fsp3) is 0.733. The number of anilines is 1. The summed E-state index contributed by atoms with van der Waals surface area (Å²) in [6.45, 7) is 11.5. The normalized spacial score (nSPS) is 22.4. The third-order valence-electron chi connectivity index (χ3n) is 3.33. The Labute approximate surface area is 130 Å². The molecule has 0 aliphatic carbocycles. The Morgan fingerprint density at radius 3 is 2.90 bits per heavy atom. The fourth-order valence-electron chi connectivity index (χ4n) is 2.52. The minimum atomic E-state index is -0.468. The van der Waals surface area contributed by atoms with Gasteiger partial charge in [0.05, 0.1) is 11.7 Å². The van der Waals surface area contributed by atoms with Gasteiger partial charge in [-0.25, -0.2) is 9.78 Å². The van der Waals surface area contributed by atoms with Crippen LogP contribution in [-0.4, -0.2) is 34.7 Å². The Balaban J connectivity index is 2.14. The second-order valence-corrected chi connectivity index (χ2v) is 7.46. The highest BCUT2D eigenvalue weighted by Gasteiger charge is 2.37. The van der Waals surface area contributed by atoms with E-state index in [0.29, 0.717) is 5.92 Å². The number of nitrogens with zero attached hydrogens (tertiary/aromatic N) is 2. The molecule has 1 aromatic rings. The number of thiazole rings is 1. The first kappa shape index (κ1) is 16.1. The Kier molecular flexibility index (Phi) is 4.76. The summed E-state index contributed by atoms with van der Waals surface area (Å²) in [5, 5.41) is 6.17. The van der Waals surface area contributed by atoms with Gasteiger partial charge in [-0.1, -0.05) is 6.92 Å². The van der Waals surface area contributed by atoms with Crippen LogP contribution in [0.15, 0.2) is 5.38 Å². The van der Waals surface area contributed by atoms with E-state index in [9.17, 15) is 4.79 Å². The molecular weight excluding hydrogens is 286 g/mol. The second kappa shape index (κ2) is 6.22. The van der Waals surface area contributed by atoms with Crippen LogP contribution in [0.2, 0.25) is 0 Å². The fourth-order valence-corrected chi connectivity index (χ4v) is 3.35. The summed E-state index contributed by atoms with van der Waals surface area (Å²) >= 11 is 1.59. The lowest BCUT2D eigenvalue weighted by Crippen LogP contribution is -2.36. The molecule has 0 unspecified atom stereocenters. The highest BCUT2D eigenvalue weighted by molar-refractivity contribution is 7.13. The highest BCUT2D eigenvalue weighted by Crippen LogP contribution is 2.37. The maximum absolute atomic E-state index is 12.4. The van der Waals surface area contributed by atoms with Gasteiger partial charge in [-0.2, -0.15) is 0 Å². The van der Waals surface area contributed by atoms with Crippen LogP contribution in [0.1, 0.15) is 52.8 Å². The third-order valence-corrected chi connectivity index (χ3v) is 4.15. The summed E-state index contributed by atoms with van der Waals surface area (Å²) in [5.74, 6) is 0.465. The largest absolute Gasteiger partial charge is 0.444 e. The predicted molar refractivity (Wildman–Crippen MR) is 85.7 cm³/mol. The van der Waals surface area contributed by atoms with Gasteiger partial charge in [0.15, 0.2) is 5.13 Å². The van der Waals surface area contributed by atoms with Crippen LogP contribution in [-0.2, 0) is 4.74 Å². The lowest BCUT2D eigenvalue weighted by Gasteiger charge is -2.27. The molecule has 6 heteroatoms. The lowest BCUT2D eigenvalue weighted by atomic mass is 10.1. The maximum Gasteiger partial charge on any atom is 0.410 e. The summed E-state index contributed by atoms with van der Waals surface area (Å²) in [4.78, 5) is 18.8. The number of hydrogen-bond acceptors (Lipinski definition) is 5. The van der Waals surface area contributed by atoms with Crippen molar-refractivity contribution in [1.29, 1.82) is 0 Å². The van der Waals surface area contributed by atoms with E-state index in [2.05, 4.69) is 17.2 Å². The molecule has 0 radical (unpaired) electrons. The number of ether oxygens (including phenoxy) is 1. The Morgan fingerprint density at radius 1 is 1.57 bits per heavy atom. The molecule has 2 rings (SSSR count). The van der Waals surface area contributed by atoms with Crippen molar-refractivity contribution < 1.29 is 9.53 Å². The van der Waals surface area contributed by atoms with Crippen molar-refractivity contribution in [2.75, 3.05) is 18.4 Å². The van der Waals surface area contributed by atoms with Crippen molar-refractivity contribution in [3.63, 3.8) is 0 Å². The highest BCUT2D eigenvalue weighted by atomic mass is 32.1. The average molecular weight is 311 g/mol. The number of carbonyl (C=O) groups is 1. The van der Waals surface area contributed by atoms with Gasteiger partial charge in [0, 0.05) is 18.5 Å². The number of likely N-dealkylation sites (tertiary alicyclic amines) is 1. The van der Waals surface area contributed by atoms with Crippen LogP contribution in [0.25, 0.3) is 0 Å². The SMILES string of the molecule is CCNc1nc([C@H]2C[C@@H](C)CN2C(=O)OC(C)(C)C)cs1. The minimum Gasteiger partial charge on any atom is -0.444 e. The molecule has 0 spiro atoms. The zero-order valence-corrected chi connectivity index (χ0v) is 14.3. The van der Waals surface area contributed by atoms with E-state index in [1.54, 1.807) is 11.3 Å². The van der Waals surface area contributed by atoms with E-state index in [1.807, 2.05) is 38.0 Å². The van der Waals surface area contributed by atoms with Gasteiger partial charge < -0.3 is 10.1 Å². The molecule has 5 nitrogen and oxygen atoms in total. The standard InChI is InChI=1S/C15H25N3O2S/c1-6-16-13-17-11(9-21-13)12-7-10(2)8-18(12)14(19)20-15(3,4)5/h9-10,12H,6-8H2,1-5H3,(H,16,17)/t10-,12-/m1/s1. The predicted octanol–water partition coefficient (Wildman–Crippen LogP) is 3.89.